The van der Waals surface area contributed by atoms with E-state index >= 15 is 0 Å². The number of rotatable bonds is 2. The number of primary amides is 1. The van der Waals surface area contributed by atoms with Crippen LogP contribution in [0.4, 0.5) is 5.69 Å². The highest BCUT2D eigenvalue weighted by Gasteiger charge is 2.32. The summed E-state index contributed by atoms with van der Waals surface area (Å²) in [6, 6.07) is 7.84. The molecule has 5 heteroatoms. The second-order valence-electron chi connectivity index (χ2n) is 5.56. The molecular formula is C15H19N3O2. The van der Waals surface area contributed by atoms with Gasteiger partial charge in [-0.1, -0.05) is 18.2 Å². The van der Waals surface area contributed by atoms with Crippen molar-refractivity contribution in [1.29, 1.82) is 0 Å². The van der Waals surface area contributed by atoms with E-state index in [-0.39, 0.29) is 23.8 Å². The predicted molar refractivity (Wildman–Crippen MR) is 76.1 cm³/mol. The molecule has 1 saturated heterocycles. The van der Waals surface area contributed by atoms with Gasteiger partial charge in [0.2, 0.25) is 11.8 Å². The van der Waals surface area contributed by atoms with Crippen molar-refractivity contribution in [3.05, 3.63) is 29.8 Å². The van der Waals surface area contributed by atoms with Gasteiger partial charge < -0.3 is 16.0 Å². The number of carbonyl (C=O) groups is 2. The number of nitrogens with two attached hydrogens (primary N) is 1. The quantitative estimate of drug-likeness (QED) is 0.835. The number of benzene rings is 1. The Kier molecular flexibility index (Phi) is 3.34. The standard InChI is InChI=1S/C15H19N3O2/c16-14(19)10-5-7-18(8-6-10)15(20)13-9-11-3-1-2-4-12(11)17-13/h1-4,10,13,17H,5-9H2,(H2,16,19)/t13-/m0/s1. The minimum absolute atomic E-state index is 0.0761. The number of amides is 2. The van der Waals surface area contributed by atoms with Crippen LogP contribution in [0, 0.1) is 5.92 Å². The number of carbonyl (C=O) groups excluding carboxylic acids is 2. The molecule has 20 heavy (non-hydrogen) atoms. The fourth-order valence-electron chi connectivity index (χ4n) is 3.05. The normalized spacial score (nSPS) is 22.2. The summed E-state index contributed by atoms with van der Waals surface area (Å²) in [4.78, 5) is 25.5. The number of piperidine rings is 1. The lowest BCUT2D eigenvalue weighted by Gasteiger charge is -2.32. The Morgan fingerprint density at radius 2 is 1.90 bits per heavy atom. The second kappa shape index (κ2) is 5.15. The van der Waals surface area contributed by atoms with Crippen molar-refractivity contribution in [2.24, 2.45) is 11.7 Å². The van der Waals surface area contributed by atoms with Crippen molar-refractivity contribution in [3.63, 3.8) is 0 Å². The van der Waals surface area contributed by atoms with Crippen molar-refractivity contribution in [2.75, 3.05) is 18.4 Å². The van der Waals surface area contributed by atoms with E-state index in [2.05, 4.69) is 11.4 Å². The van der Waals surface area contributed by atoms with E-state index in [0.29, 0.717) is 25.9 Å². The lowest BCUT2D eigenvalue weighted by molar-refractivity contribution is -0.135. The molecule has 1 aromatic carbocycles. The molecule has 3 N–H and O–H groups in total. The molecule has 2 amide bonds. The van der Waals surface area contributed by atoms with Gasteiger partial charge in [0.1, 0.15) is 6.04 Å². The number of hydrogen-bond donors (Lipinski definition) is 2. The molecule has 0 aliphatic carbocycles. The van der Waals surface area contributed by atoms with Crippen molar-refractivity contribution in [3.8, 4) is 0 Å². The van der Waals surface area contributed by atoms with Crippen molar-refractivity contribution < 1.29 is 9.59 Å². The van der Waals surface area contributed by atoms with Crippen LogP contribution < -0.4 is 11.1 Å². The summed E-state index contributed by atoms with van der Waals surface area (Å²) in [5.74, 6) is -0.194. The summed E-state index contributed by atoms with van der Waals surface area (Å²) in [6.07, 6.45) is 2.10. The van der Waals surface area contributed by atoms with E-state index in [1.165, 1.54) is 5.56 Å². The van der Waals surface area contributed by atoms with Crippen LogP contribution in [0.25, 0.3) is 0 Å². The molecule has 0 unspecified atom stereocenters. The Labute approximate surface area is 118 Å². The number of fused-ring (bicyclic) bond motifs is 1. The number of nitrogens with zero attached hydrogens (tertiary/aromatic N) is 1. The first-order valence-corrected chi connectivity index (χ1v) is 7.07. The van der Waals surface area contributed by atoms with Crippen LogP contribution in [0.5, 0.6) is 0 Å². The zero-order valence-corrected chi connectivity index (χ0v) is 11.3. The Balaban J connectivity index is 1.60. The number of anilines is 1. The van der Waals surface area contributed by atoms with E-state index in [1.807, 2.05) is 23.1 Å². The van der Waals surface area contributed by atoms with E-state index < -0.39 is 0 Å². The zero-order valence-electron chi connectivity index (χ0n) is 11.3. The van der Waals surface area contributed by atoms with Crippen LogP contribution >= 0.6 is 0 Å². The molecule has 1 aromatic rings. The fourth-order valence-corrected chi connectivity index (χ4v) is 3.05. The molecule has 0 bridgehead atoms. The van der Waals surface area contributed by atoms with Gasteiger partial charge in [0.15, 0.2) is 0 Å². The molecule has 5 nitrogen and oxygen atoms in total. The SMILES string of the molecule is NC(=O)C1CCN(C(=O)[C@@H]2Cc3ccccc3N2)CC1. The zero-order chi connectivity index (χ0) is 14.1. The van der Waals surface area contributed by atoms with Crippen LogP contribution in [0.3, 0.4) is 0 Å². The van der Waals surface area contributed by atoms with Gasteiger partial charge in [0.05, 0.1) is 0 Å². The molecule has 0 spiro atoms. The van der Waals surface area contributed by atoms with Crippen LogP contribution in [0.2, 0.25) is 0 Å². The van der Waals surface area contributed by atoms with Gasteiger partial charge in [-0.05, 0) is 24.5 Å². The van der Waals surface area contributed by atoms with Crippen LogP contribution in [-0.2, 0) is 16.0 Å². The van der Waals surface area contributed by atoms with Crippen molar-refractivity contribution in [1.82, 2.24) is 4.90 Å². The molecule has 2 heterocycles. The summed E-state index contributed by atoms with van der Waals surface area (Å²) in [6.45, 7) is 1.25. The molecule has 2 aliphatic heterocycles. The highest BCUT2D eigenvalue weighted by molar-refractivity contribution is 5.87. The van der Waals surface area contributed by atoms with E-state index in [0.717, 1.165) is 12.1 Å². The first-order chi connectivity index (χ1) is 9.65. The molecule has 106 valence electrons. The maximum atomic E-state index is 12.5. The molecule has 0 aromatic heterocycles. The Morgan fingerprint density at radius 1 is 1.20 bits per heavy atom. The highest BCUT2D eigenvalue weighted by atomic mass is 16.2. The molecule has 1 atom stereocenters. The monoisotopic (exact) mass is 273 g/mol. The van der Waals surface area contributed by atoms with Gasteiger partial charge >= 0.3 is 0 Å². The molecular weight excluding hydrogens is 254 g/mol. The third kappa shape index (κ3) is 2.35. The Hall–Kier alpha value is -2.04. The van der Waals surface area contributed by atoms with Crippen molar-refractivity contribution >= 4 is 17.5 Å². The van der Waals surface area contributed by atoms with Crippen molar-refractivity contribution in [2.45, 2.75) is 25.3 Å². The number of hydrogen-bond acceptors (Lipinski definition) is 3. The molecule has 0 saturated carbocycles. The summed E-state index contributed by atoms with van der Waals surface area (Å²) in [7, 11) is 0. The van der Waals surface area contributed by atoms with Gasteiger partial charge in [-0.2, -0.15) is 0 Å². The first-order valence-electron chi connectivity index (χ1n) is 7.07. The molecule has 1 fully saturated rings. The Bertz CT molecular complexity index is 511. The number of likely N-dealkylation sites (tertiary alicyclic amines) is 1. The van der Waals surface area contributed by atoms with Crippen LogP contribution in [0.1, 0.15) is 18.4 Å². The summed E-state index contributed by atoms with van der Waals surface area (Å²) in [5.41, 5.74) is 7.56. The number of para-hydroxylation sites is 1. The van der Waals surface area contributed by atoms with Gasteiger partial charge in [0, 0.05) is 31.1 Å². The van der Waals surface area contributed by atoms with Crippen LogP contribution in [-0.4, -0.2) is 35.8 Å². The third-order valence-corrected chi connectivity index (χ3v) is 4.28. The average Bonchev–Trinajstić information content (AvgIpc) is 2.90. The maximum absolute atomic E-state index is 12.5. The Morgan fingerprint density at radius 3 is 2.55 bits per heavy atom. The largest absolute Gasteiger partial charge is 0.373 e. The second-order valence-corrected chi connectivity index (χ2v) is 5.56. The molecule has 2 aliphatic rings. The predicted octanol–water partition coefficient (Wildman–Crippen LogP) is 0.747. The fraction of sp³-hybridized carbons (Fsp3) is 0.467. The number of nitrogens with one attached hydrogen (secondary N) is 1. The van der Waals surface area contributed by atoms with E-state index in [1.54, 1.807) is 0 Å². The smallest absolute Gasteiger partial charge is 0.245 e. The minimum Gasteiger partial charge on any atom is -0.373 e. The van der Waals surface area contributed by atoms with Gasteiger partial charge in [0.25, 0.3) is 0 Å². The van der Waals surface area contributed by atoms with Gasteiger partial charge in [-0.25, -0.2) is 0 Å². The van der Waals surface area contributed by atoms with Gasteiger partial charge in [-0.15, -0.1) is 0 Å². The van der Waals surface area contributed by atoms with Crippen LogP contribution in [0.15, 0.2) is 24.3 Å². The van der Waals surface area contributed by atoms with E-state index in [9.17, 15) is 9.59 Å². The highest BCUT2D eigenvalue weighted by Crippen LogP contribution is 2.27. The minimum atomic E-state index is -0.247. The average molecular weight is 273 g/mol. The summed E-state index contributed by atoms with van der Waals surface area (Å²) in [5, 5.41) is 3.28. The lowest BCUT2D eigenvalue weighted by Crippen LogP contribution is -2.47. The summed E-state index contributed by atoms with van der Waals surface area (Å²) >= 11 is 0. The van der Waals surface area contributed by atoms with E-state index in [4.69, 9.17) is 5.73 Å². The maximum Gasteiger partial charge on any atom is 0.245 e. The lowest BCUT2D eigenvalue weighted by atomic mass is 9.95. The molecule has 0 radical (unpaired) electrons. The third-order valence-electron chi connectivity index (χ3n) is 4.28. The summed E-state index contributed by atoms with van der Waals surface area (Å²) < 4.78 is 0. The topological polar surface area (TPSA) is 75.4 Å². The first kappa shape index (κ1) is 13.0. The molecule has 3 rings (SSSR count). The van der Waals surface area contributed by atoms with Gasteiger partial charge in [-0.3, -0.25) is 9.59 Å².